The molecule has 2 heterocycles. The van der Waals surface area contributed by atoms with Crippen molar-refractivity contribution in [3.05, 3.63) is 88.9 Å². The van der Waals surface area contributed by atoms with Gasteiger partial charge in [0.25, 0.3) is 0 Å². The van der Waals surface area contributed by atoms with Gasteiger partial charge in [-0.05, 0) is 54.6 Å². The topological polar surface area (TPSA) is 123 Å². The van der Waals surface area contributed by atoms with Crippen LogP contribution in [0.2, 0.25) is 0 Å². The van der Waals surface area contributed by atoms with E-state index in [1.807, 2.05) is 0 Å². The van der Waals surface area contributed by atoms with Crippen molar-refractivity contribution in [1.29, 1.82) is 5.26 Å². The van der Waals surface area contributed by atoms with E-state index >= 15 is 0 Å². The molecule has 0 radical (unpaired) electrons. The van der Waals surface area contributed by atoms with Crippen LogP contribution in [0.4, 0.5) is 39.5 Å². The Morgan fingerprint density at radius 1 is 0.951 bits per heavy atom. The first-order valence-corrected chi connectivity index (χ1v) is 12.4. The zero-order chi connectivity index (χ0) is 29.1. The average Bonchev–Trinajstić information content (AvgIpc) is 2.96. The second-order valence-electron chi connectivity index (χ2n) is 9.14. The first-order chi connectivity index (χ1) is 19.6. The zero-order valence-corrected chi connectivity index (χ0v) is 21.2. The summed E-state index contributed by atoms with van der Waals surface area (Å²) in [6.07, 6.45) is -3.12. The minimum absolute atomic E-state index is 0.0359. The van der Waals surface area contributed by atoms with Crippen LogP contribution >= 0.6 is 0 Å². The first-order valence-electron chi connectivity index (χ1n) is 12.4. The molecule has 0 unspecified atom stereocenters. The number of piperazine rings is 1. The lowest BCUT2D eigenvalue weighted by atomic mass is 10.0. The molecule has 1 saturated heterocycles. The average molecular weight is 564 g/mol. The monoisotopic (exact) mass is 563 g/mol. The van der Waals surface area contributed by atoms with Crippen molar-refractivity contribution >= 4 is 40.0 Å². The number of anilines is 3. The number of nitrogens with zero attached hydrogens (tertiary/aromatic N) is 4. The molecule has 208 valence electrons. The summed E-state index contributed by atoms with van der Waals surface area (Å²) < 4.78 is 54.5. The quantitative estimate of drug-likeness (QED) is 0.232. The number of rotatable bonds is 5. The van der Waals surface area contributed by atoms with Crippen LogP contribution in [0.1, 0.15) is 27.0 Å². The number of aromatic nitrogens is 2. The van der Waals surface area contributed by atoms with E-state index < -0.39 is 34.9 Å². The van der Waals surface area contributed by atoms with E-state index in [0.29, 0.717) is 22.9 Å². The van der Waals surface area contributed by atoms with E-state index in [1.54, 1.807) is 18.3 Å². The van der Waals surface area contributed by atoms with Crippen LogP contribution in [0.5, 0.6) is 0 Å². The Hall–Kier alpha value is -5.09. The predicted octanol–water partition coefficient (Wildman–Crippen LogP) is 4.94. The lowest BCUT2D eigenvalue weighted by molar-refractivity contribution is -0.137. The molecule has 1 aliphatic heterocycles. The van der Waals surface area contributed by atoms with Gasteiger partial charge in [-0.15, -0.1) is 0 Å². The highest BCUT2D eigenvalue weighted by Gasteiger charge is 2.34. The molecule has 1 aromatic heterocycles. The van der Waals surface area contributed by atoms with E-state index in [4.69, 9.17) is 5.26 Å². The van der Waals surface area contributed by atoms with Crippen molar-refractivity contribution in [3.63, 3.8) is 0 Å². The number of carbonyl (C=O) groups is 2. The molecule has 3 aromatic carbocycles. The highest BCUT2D eigenvalue weighted by molar-refractivity contribution is 6.10. The molecular formula is C28H21F4N7O2. The van der Waals surface area contributed by atoms with Crippen LogP contribution in [-0.2, 0) is 6.18 Å². The number of hydrogen-bond acceptors (Lipinski definition) is 7. The molecule has 2 amide bonds. The Bertz CT molecular complexity index is 1700. The number of benzene rings is 3. The molecule has 13 heteroatoms. The van der Waals surface area contributed by atoms with Crippen LogP contribution in [0.25, 0.3) is 11.0 Å². The van der Waals surface area contributed by atoms with Crippen molar-refractivity contribution < 1.29 is 27.2 Å². The molecular weight excluding hydrogens is 542 g/mol. The Morgan fingerprint density at radius 3 is 2.34 bits per heavy atom. The summed E-state index contributed by atoms with van der Waals surface area (Å²) >= 11 is 0. The number of fused-ring (bicyclic) bond motifs is 1. The van der Waals surface area contributed by atoms with E-state index in [1.165, 1.54) is 24.3 Å². The van der Waals surface area contributed by atoms with E-state index in [-0.39, 0.29) is 22.5 Å². The van der Waals surface area contributed by atoms with Crippen LogP contribution in [0.3, 0.4) is 0 Å². The van der Waals surface area contributed by atoms with Crippen LogP contribution < -0.4 is 20.9 Å². The Balaban J connectivity index is 1.30. The van der Waals surface area contributed by atoms with Crippen LogP contribution in [-0.4, -0.2) is 48.0 Å². The molecule has 0 atom stereocenters. The Labute approximate surface area is 230 Å². The van der Waals surface area contributed by atoms with Crippen molar-refractivity contribution in [2.45, 2.75) is 6.18 Å². The molecule has 0 bridgehead atoms. The predicted molar refractivity (Wildman–Crippen MR) is 143 cm³/mol. The van der Waals surface area contributed by atoms with Gasteiger partial charge in [-0.2, -0.15) is 18.4 Å². The van der Waals surface area contributed by atoms with Crippen molar-refractivity contribution in [2.24, 2.45) is 0 Å². The van der Waals surface area contributed by atoms with Gasteiger partial charge in [-0.3, -0.25) is 9.78 Å². The maximum absolute atomic E-state index is 15.0. The van der Waals surface area contributed by atoms with Crippen LogP contribution in [0.15, 0.2) is 60.8 Å². The van der Waals surface area contributed by atoms with Gasteiger partial charge in [0.05, 0.1) is 40.0 Å². The maximum Gasteiger partial charge on any atom is 0.417 e. The van der Waals surface area contributed by atoms with Gasteiger partial charge in [0.15, 0.2) is 5.78 Å². The van der Waals surface area contributed by atoms with Gasteiger partial charge < -0.3 is 20.9 Å². The summed E-state index contributed by atoms with van der Waals surface area (Å²) in [6.45, 7) is 3.17. The van der Waals surface area contributed by atoms with Gasteiger partial charge in [0.2, 0.25) is 0 Å². The number of urea groups is 1. The first kappa shape index (κ1) is 27.5. The van der Waals surface area contributed by atoms with Gasteiger partial charge >= 0.3 is 12.2 Å². The molecule has 1 aliphatic rings. The summed E-state index contributed by atoms with van der Waals surface area (Å²) in [4.78, 5) is 36.6. The molecule has 0 aliphatic carbocycles. The fourth-order valence-electron chi connectivity index (χ4n) is 4.37. The summed E-state index contributed by atoms with van der Waals surface area (Å²) in [5, 5.41) is 16.7. The fourth-order valence-corrected chi connectivity index (χ4v) is 4.37. The van der Waals surface area contributed by atoms with Gasteiger partial charge in [0, 0.05) is 43.1 Å². The molecule has 0 saturated carbocycles. The normalized spacial score (nSPS) is 13.5. The number of hydrogen-bond donors (Lipinski definition) is 3. The van der Waals surface area contributed by atoms with Crippen LogP contribution in [0, 0.1) is 17.1 Å². The Kier molecular flexibility index (Phi) is 7.50. The Morgan fingerprint density at radius 2 is 1.66 bits per heavy atom. The molecule has 3 N–H and O–H groups in total. The highest BCUT2D eigenvalue weighted by atomic mass is 19.4. The number of ketones is 1. The van der Waals surface area contributed by atoms with Crippen molar-refractivity contribution in [2.75, 3.05) is 41.7 Å². The van der Waals surface area contributed by atoms with E-state index in [9.17, 15) is 27.2 Å². The minimum Gasteiger partial charge on any atom is -0.353 e. The van der Waals surface area contributed by atoms with Gasteiger partial charge in [-0.1, -0.05) is 0 Å². The van der Waals surface area contributed by atoms with Gasteiger partial charge in [-0.25, -0.2) is 14.2 Å². The number of halogens is 4. The molecule has 4 aromatic rings. The third-order valence-electron chi connectivity index (χ3n) is 6.41. The minimum atomic E-state index is -4.80. The summed E-state index contributed by atoms with van der Waals surface area (Å²) in [6, 6.07) is 11.3. The second-order valence-corrected chi connectivity index (χ2v) is 9.14. The molecule has 1 fully saturated rings. The molecule has 41 heavy (non-hydrogen) atoms. The third-order valence-corrected chi connectivity index (χ3v) is 6.41. The number of amides is 2. The summed E-state index contributed by atoms with van der Waals surface area (Å²) in [7, 11) is 0. The standard InChI is InChI=1S/C28H21F4N7O2/c29-22-13-19(37-27(41)36-18-3-1-17(14-33)21(12-18)28(30,31)32)4-5-20(22)26(40)16-2-6-23-24(11-16)38-25(15-35-23)39-9-7-34-8-10-39/h1-6,11-13,15,34H,7-10H2,(H2,36,37,41). The van der Waals surface area contributed by atoms with E-state index in [0.717, 1.165) is 44.4 Å². The lowest BCUT2D eigenvalue weighted by Crippen LogP contribution is -2.43. The number of carbonyl (C=O) groups excluding carboxylic acids is 2. The van der Waals surface area contributed by atoms with Crippen molar-refractivity contribution in [3.8, 4) is 6.07 Å². The summed E-state index contributed by atoms with van der Waals surface area (Å²) in [5.41, 5.74) is -1.04. The smallest absolute Gasteiger partial charge is 0.353 e. The number of nitriles is 1. The largest absolute Gasteiger partial charge is 0.417 e. The number of nitrogens with one attached hydrogen (secondary N) is 3. The number of alkyl halides is 3. The molecule has 9 nitrogen and oxygen atoms in total. The molecule has 5 rings (SSSR count). The van der Waals surface area contributed by atoms with Crippen molar-refractivity contribution in [1.82, 2.24) is 15.3 Å². The van der Waals surface area contributed by atoms with Gasteiger partial charge in [0.1, 0.15) is 11.6 Å². The SMILES string of the molecule is N#Cc1ccc(NC(=O)Nc2ccc(C(=O)c3ccc4ncc(N5CCNCC5)nc4c3)c(F)c2)cc1C(F)(F)F. The maximum atomic E-state index is 15.0. The fraction of sp³-hybridized carbons (Fsp3) is 0.179. The van der Waals surface area contributed by atoms with E-state index in [2.05, 4.69) is 30.8 Å². The summed E-state index contributed by atoms with van der Waals surface area (Å²) in [5.74, 6) is -0.836. The molecule has 0 spiro atoms. The lowest BCUT2D eigenvalue weighted by Gasteiger charge is -2.28. The third kappa shape index (κ3) is 6.07. The zero-order valence-electron chi connectivity index (χ0n) is 21.2. The second kappa shape index (κ2) is 11.2. The highest BCUT2D eigenvalue weighted by Crippen LogP contribution is 2.33.